The molecule has 94 valence electrons. The maximum absolute atomic E-state index is 11.1. The Kier molecular flexibility index (Phi) is 3.13. The van der Waals surface area contributed by atoms with Crippen LogP contribution in [0.25, 0.3) is 0 Å². The van der Waals surface area contributed by atoms with Crippen LogP contribution in [0.5, 0.6) is 0 Å². The molecule has 0 radical (unpaired) electrons. The minimum atomic E-state index is -0.454. The predicted octanol–water partition coefficient (Wildman–Crippen LogP) is 2.13. The summed E-state index contributed by atoms with van der Waals surface area (Å²) in [5.74, 6) is 0.563. The van der Waals surface area contributed by atoms with E-state index in [0.717, 1.165) is 5.69 Å². The zero-order chi connectivity index (χ0) is 13.1. The predicted molar refractivity (Wildman–Crippen MR) is 69.3 cm³/mol. The third-order valence-electron chi connectivity index (χ3n) is 2.37. The van der Waals surface area contributed by atoms with Crippen molar-refractivity contribution in [1.82, 2.24) is 10.2 Å². The maximum Gasteiger partial charge on any atom is 0.354 e. The Labute approximate surface area is 104 Å². The van der Waals surface area contributed by atoms with Crippen LogP contribution in [-0.2, 0) is 0 Å². The van der Waals surface area contributed by atoms with Crippen LogP contribution >= 0.6 is 0 Å². The molecule has 0 saturated heterocycles. The highest BCUT2D eigenvalue weighted by molar-refractivity contribution is 5.74. The number of nitrogens with zero attached hydrogens (tertiary/aromatic N) is 3. The van der Waals surface area contributed by atoms with Gasteiger partial charge >= 0.3 is 5.69 Å². The van der Waals surface area contributed by atoms with Crippen molar-refractivity contribution in [2.45, 2.75) is 0 Å². The molecule has 0 atom stereocenters. The van der Waals surface area contributed by atoms with Gasteiger partial charge in [0.15, 0.2) is 0 Å². The molecule has 7 nitrogen and oxygen atoms in total. The lowest BCUT2D eigenvalue weighted by Gasteiger charge is -2.07. The van der Waals surface area contributed by atoms with Gasteiger partial charge < -0.3 is 10.2 Å². The topological polar surface area (TPSA) is 87.1 Å². The fourth-order valence-electron chi connectivity index (χ4n) is 1.56. The van der Waals surface area contributed by atoms with Gasteiger partial charge in [0.1, 0.15) is 0 Å². The van der Waals surface area contributed by atoms with Crippen LogP contribution < -0.4 is 10.2 Å². The van der Waals surface area contributed by atoms with E-state index in [4.69, 9.17) is 0 Å². The summed E-state index contributed by atoms with van der Waals surface area (Å²) >= 11 is 0. The fourth-order valence-corrected chi connectivity index (χ4v) is 1.56. The first-order valence-corrected chi connectivity index (χ1v) is 5.31. The van der Waals surface area contributed by atoms with Gasteiger partial charge in [-0.25, -0.2) is 0 Å². The van der Waals surface area contributed by atoms with Crippen molar-refractivity contribution in [3.8, 4) is 0 Å². The summed E-state index contributed by atoms with van der Waals surface area (Å²) in [5.41, 5.74) is 0.693. The summed E-state index contributed by atoms with van der Waals surface area (Å²) in [6.45, 7) is 0. The van der Waals surface area contributed by atoms with E-state index >= 15 is 0 Å². The first kappa shape index (κ1) is 11.9. The Morgan fingerprint density at radius 2 is 2.00 bits per heavy atom. The van der Waals surface area contributed by atoms with Gasteiger partial charge in [0, 0.05) is 19.8 Å². The summed E-state index contributed by atoms with van der Waals surface area (Å²) in [6, 6.07) is 9.20. The van der Waals surface area contributed by atoms with E-state index in [1.165, 1.54) is 0 Å². The second kappa shape index (κ2) is 4.74. The van der Waals surface area contributed by atoms with Gasteiger partial charge in [-0.3, -0.25) is 15.2 Å². The quantitative estimate of drug-likeness (QED) is 0.638. The molecule has 0 aliphatic carbocycles. The maximum atomic E-state index is 11.1. The molecule has 0 saturated carbocycles. The molecule has 0 bridgehead atoms. The second-order valence-corrected chi connectivity index (χ2v) is 3.91. The fraction of sp³-hybridized carbons (Fsp3) is 0.182. The molecular weight excluding hydrogens is 234 g/mol. The highest BCUT2D eigenvalue weighted by atomic mass is 16.6. The molecule has 7 heteroatoms. The largest absolute Gasteiger partial charge is 0.355 e. The molecule has 18 heavy (non-hydrogen) atoms. The SMILES string of the molecule is CN(C)c1n[nH]c(Nc2ccccc2)c1[N+](=O)[O-]. The second-order valence-electron chi connectivity index (χ2n) is 3.91. The Bertz CT molecular complexity index is 550. The molecule has 2 N–H and O–H groups in total. The van der Waals surface area contributed by atoms with Gasteiger partial charge in [0.2, 0.25) is 11.6 Å². The number of H-pyrrole nitrogens is 1. The van der Waals surface area contributed by atoms with Crippen molar-refractivity contribution in [2.24, 2.45) is 0 Å². The van der Waals surface area contributed by atoms with Gasteiger partial charge in [-0.05, 0) is 12.1 Å². The third kappa shape index (κ3) is 2.24. The van der Waals surface area contributed by atoms with Crippen LogP contribution in [0, 0.1) is 10.1 Å². The van der Waals surface area contributed by atoms with E-state index in [0.29, 0.717) is 5.82 Å². The molecule has 0 aliphatic rings. The third-order valence-corrected chi connectivity index (χ3v) is 2.37. The number of aromatic amines is 1. The standard InChI is InChI=1S/C11H13N5O2/c1-15(2)11-9(16(17)18)10(13-14-11)12-8-6-4-3-5-7-8/h3-7H,1-2H3,(H2,12,13,14). The lowest BCUT2D eigenvalue weighted by Crippen LogP contribution is -2.11. The van der Waals surface area contributed by atoms with Crippen LogP contribution in [0.3, 0.4) is 0 Å². The van der Waals surface area contributed by atoms with Crippen molar-refractivity contribution >= 4 is 23.0 Å². The number of hydrogen-bond donors (Lipinski definition) is 2. The average molecular weight is 247 g/mol. The molecule has 1 aromatic carbocycles. The number of rotatable bonds is 4. The summed E-state index contributed by atoms with van der Waals surface area (Å²) in [7, 11) is 3.41. The smallest absolute Gasteiger partial charge is 0.354 e. The van der Waals surface area contributed by atoms with Crippen LogP contribution in [0.1, 0.15) is 0 Å². The molecule has 0 fully saturated rings. The zero-order valence-electron chi connectivity index (χ0n) is 10.0. The molecule has 0 unspecified atom stereocenters. The molecule has 0 amide bonds. The molecular formula is C11H13N5O2. The molecule has 2 aromatic rings. The van der Waals surface area contributed by atoms with Gasteiger partial charge in [-0.1, -0.05) is 18.2 Å². The van der Waals surface area contributed by atoms with Crippen LogP contribution in [0.15, 0.2) is 30.3 Å². The molecule has 0 spiro atoms. The number of benzene rings is 1. The highest BCUT2D eigenvalue weighted by Crippen LogP contribution is 2.33. The van der Waals surface area contributed by atoms with E-state index in [2.05, 4.69) is 15.5 Å². The van der Waals surface area contributed by atoms with Crippen LogP contribution in [-0.4, -0.2) is 29.2 Å². The molecule has 1 heterocycles. The highest BCUT2D eigenvalue weighted by Gasteiger charge is 2.25. The van der Waals surface area contributed by atoms with Gasteiger partial charge in [0.05, 0.1) is 4.92 Å². The van der Waals surface area contributed by atoms with E-state index in [1.54, 1.807) is 19.0 Å². The monoisotopic (exact) mass is 247 g/mol. The lowest BCUT2D eigenvalue weighted by molar-refractivity contribution is -0.383. The van der Waals surface area contributed by atoms with Gasteiger partial charge in [-0.2, -0.15) is 0 Å². The van der Waals surface area contributed by atoms with E-state index in [9.17, 15) is 10.1 Å². The number of anilines is 3. The van der Waals surface area contributed by atoms with E-state index in [-0.39, 0.29) is 11.5 Å². The summed E-state index contributed by atoms with van der Waals surface area (Å²) in [5, 5.41) is 20.6. The number of nitro groups is 1. The van der Waals surface area contributed by atoms with E-state index in [1.807, 2.05) is 30.3 Å². The minimum absolute atomic E-state index is 0.0659. The summed E-state index contributed by atoms with van der Waals surface area (Å²) in [6.07, 6.45) is 0. The van der Waals surface area contributed by atoms with Crippen molar-refractivity contribution < 1.29 is 4.92 Å². The molecule has 2 rings (SSSR count). The normalized spacial score (nSPS) is 10.1. The first-order valence-electron chi connectivity index (χ1n) is 5.31. The van der Waals surface area contributed by atoms with Crippen molar-refractivity contribution in [3.63, 3.8) is 0 Å². The summed E-state index contributed by atoms with van der Waals surface area (Å²) < 4.78 is 0. The van der Waals surface area contributed by atoms with Crippen LogP contribution in [0.2, 0.25) is 0 Å². The molecule has 0 aliphatic heterocycles. The van der Waals surface area contributed by atoms with Crippen molar-refractivity contribution in [3.05, 3.63) is 40.4 Å². The summed E-state index contributed by atoms with van der Waals surface area (Å²) in [4.78, 5) is 12.2. The number of nitrogens with one attached hydrogen (secondary N) is 2. The Morgan fingerprint density at radius 3 is 2.56 bits per heavy atom. The Morgan fingerprint density at radius 1 is 1.33 bits per heavy atom. The number of para-hydroxylation sites is 1. The Balaban J connectivity index is 2.37. The van der Waals surface area contributed by atoms with Crippen LogP contribution in [0.4, 0.5) is 23.0 Å². The minimum Gasteiger partial charge on any atom is -0.355 e. The van der Waals surface area contributed by atoms with Gasteiger partial charge in [-0.15, -0.1) is 5.10 Å². The number of hydrogen-bond acceptors (Lipinski definition) is 5. The van der Waals surface area contributed by atoms with Gasteiger partial charge in [0.25, 0.3) is 0 Å². The number of aromatic nitrogens is 2. The van der Waals surface area contributed by atoms with Crippen molar-refractivity contribution in [1.29, 1.82) is 0 Å². The first-order chi connectivity index (χ1) is 8.59. The lowest BCUT2D eigenvalue weighted by atomic mass is 10.3. The van der Waals surface area contributed by atoms with E-state index < -0.39 is 4.92 Å². The van der Waals surface area contributed by atoms with Crippen molar-refractivity contribution in [2.75, 3.05) is 24.3 Å². The zero-order valence-corrected chi connectivity index (χ0v) is 10.0. The molecule has 1 aromatic heterocycles. The average Bonchev–Trinajstić information content (AvgIpc) is 2.74. The Hall–Kier alpha value is -2.57.